The van der Waals surface area contributed by atoms with Crippen molar-refractivity contribution in [3.8, 4) is 0 Å². The fourth-order valence-corrected chi connectivity index (χ4v) is 2.68. The van der Waals surface area contributed by atoms with E-state index in [0.717, 1.165) is 44.6 Å². The van der Waals surface area contributed by atoms with Crippen molar-refractivity contribution < 1.29 is 4.79 Å². The Morgan fingerprint density at radius 2 is 2.05 bits per heavy atom. The molecular formula is C17H26N2O. The first-order valence-corrected chi connectivity index (χ1v) is 7.77. The van der Waals surface area contributed by atoms with Crippen LogP contribution in [0.3, 0.4) is 0 Å². The predicted octanol–water partition coefficient (Wildman–Crippen LogP) is 2.99. The zero-order valence-electron chi connectivity index (χ0n) is 12.7. The first kappa shape index (κ1) is 15.0. The summed E-state index contributed by atoms with van der Waals surface area (Å²) in [6, 6.07) is 8.33. The van der Waals surface area contributed by atoms with Crippen molar-refractivity contribution in [2.24, 2.45) is 5.92 Å². The molecule has 0 spiro atoms. The van der Waals surface area contributed by atoms with E-state index in [-0.39, 0.29) is 5.91 Å². The molecule has 0 bridgehead atoms. The summed E-state index contributed by atoms with van der Waals surface area (Å²) in [5.74, 6) is 0.953. The fraction of sp³-hybridized carbons (Fsp3) is 0.588. The third-order valence-electron chi connectivity index (χ3n) is 3.71. The van der Waals surface area contributed by atoms with E-state index < -0.39 is 0 Å². The SMILES string of the molecule is CC(C)CNCCCN1C(=O)CCCc2ccccc21. The lowest BCUT2D eigenvalue weighted by atomic mass is 10.1. The van der Waals surface area contributed by atoms with Gasteiger partial charge in [-0.05, 0) is 49.9 Å². The van der Waals surface area contributed by atoms with Gasteiger partial charge in [-0.1, -0.05) is 32.0 Å². The zero-order valence-corrected chi connectivity index (χ0v) is 12.7. The summed E-state index contributed by atoms with van der Waals surface area (Å²) in [5, 5.41) is 3.44. The average Bonchev–Trinajstić information content (AvgIpc) is 2.58. The van der Waals surface area contributed by atoms with Crippen LogP contribution in [-0.2, 0) is 11.2 Å². The maximum atomic E-state index is 12.3. The molecule has 2 rings (SSSR count). The number of carbonyl (C=O) groups excluding carboxylic acids is 1. The van der Waals surface area contributed by atoms with Crippen LogP contribution >= 0.6 is 0 Å². The molecule has 0 saturated heterocycles. The second kappa shape index (κ2) is 7.44. The van der Waals surface area contributed by atoms with E-state index in [2.05, 4.69) is 37.4 Å². The van der Waals surface area contributed by atoms with Gasteiger partial charge in [0.2, 0.25) is 5.91 Å². The Morgan fingerprint density at radius 3 is 2.85 bits per heavy atom. The quantitative estimate of drug-likeness (QED) is 0.809. The summed E-state index contributed by atoms with van der Waals surface area (Å²) in [7, 11) is 0. The molecule has 1 heterocycles. The molecule has 1 aromatic carbocycles. The fourth-order valence-electron chi connectivity index (χ4n) is 2.68. The molecule has 1 aromatic rings. The van der Waals surface area contributed by atoms with Crippen molar-refractivity contribution in [2.75, 3.05) is 24.5 Å². The highest BCUT2D eigenvalue weighted by atomic mass is 16.2. The summed E-state index contributed by atoms with van der Waals surface area (Å²) < 4.78 is 0. The number of hydrogen-bond acceptors (Lipinski definition) is 2. The van der Waals surface area contributed by atoms with E-state index in [9.17, 15) is 4.79 Å². The van der Waals surface area contributed by atoms with Crippen molar-refractivity contribution in [3.05, 3.63) is 29.8 Å². The van der Waals surface area contributed by atoms with E-state index in [1.807, 2.05) is 11.0 Å². The van der Waals surface area contributed by atoms with Crippen molar-refractivity contribution in [1.82, 2.24) is 5.32 Å². The van der Waals surface area contributed by atoms with Gasteiger partial charge in [-0.25, -0.2) is 0 Å². The summed E-state index contributed by atoms with van der Waals surface area (Å²) in [6.45, 7) is 7.26. The third-order valence-corrected chi connectivity index (χ3v) is 3.71. The number of nitrogens with zero attached hydrogens (tertiary/aromatic N) is 1. The van der Waals surface area contributed by atoms with Crippen LogP contribution in [0, 0.1) is 5.92 Å². The standard InChI is InChI=1S/C17H26N2O/c1-14(2)13-18-11-6-12-19-16-9-4-3-7-15(16)8-5-10-17(19)20/h3-4,7,9,14,18H,5-6,8,10-13H2,1-2H3. The third kappa shape index (κ3) is 4.07. The Labute approximate surface area is 122 Å². The van der Waals surface area contributed by atoms with E-state index in [1.165, 1.54) is 5.56 Å². The van der Waals surface area contributed by atoms with Crippen molar-refractivity contribution in [3.63, 3.8) is 0 Å². The lowest BCUT2D eigenvalue weighted by molar-refractivity contribution is -0.118. The predicted molar refractivity (Wildman–Crippen MR) is 84.1 cm³/mol. The lowest BCUT2D eigenvalue weighted by Crippen LogP contribution is -2.33. The Bertz CT molecular complexity index is 442. The van der Waals surface area contributed by atoms with E-state index >= 15 is 0 Å². The average molecular weight is 274 g/mol. The molecule has 3 heteroatoms. The minimum Gasteiger partial charge on any atom is -0.316 e. The first-order chi connectivity index (χ1) is 9.68. The minimum atomic E-state index is 0.277. The van der Waals surface area contributed by atoms with Gasteiger partial charge in [0.25, 0.3) is 0 Å². The normalized spacial score (nSPS) is 15.3. The van der Waals surface area contributed by atoms with Crippen molar-refractivity contribution >= 4 is 11.6 Å². The number of carbonyl (C=O) groups is 1. The summed E-state index contributed by atoms with van der Waals surface area (Å²) in [4.78, 5) is 14.2. The second-order valence-electron chi connectivity index (χ2n) is 5.98. The van der Waals surface area contributed by atoms with Crippen LogP contribution in [0.15, 0.2) is 24.3 Å². The number of fused-ring (bicyclic) bond motifs is 1. The number of benzene rings is 1. The highest BCUT2D eigenvalue weighted by molar-refractivity contribution is 5.94. The molecule has 0 aromatic heterocycles. The zero-order chi connectivity index (χ0) is 14.4. The molecule has 3 nitrogen and oxygen atoms in total. The van der Waals surface area contributed by atoms with Gasteiger partial charge in [0.15, 0.2) is 0 Å². The molecular weight excluding hydrogens is 248 g/mol. The first-order valence-electron chi connectivity index (χ1n) is 7.77. The molecule has 0 fully saturated rings. The van der Waals surface area contributed by atoms with E-state index in [0.29, 0.717) is 12.3 Å². The number of aryl methyl sites for hydroxylation is 1. The Hall–Kier alpha value is -1.35. The Morgan fingerprint density at radius 1 is 1.25 bits per heavy atom. The summed E-state index contributed by atoms with van der Waals surface area (Å²) >= 11 is 0. The molecule has 1 aliphatic heterocycles. The van der Waals surface area contributed by atoms with Crippen molar-refractivity contribution in [1.29, 1.82) is 0 Å². The van der Waals surface area contributed by atoms with Gasteiger partial charge >= 0.3 is 0 Å². The molecule has 0 atom stereocenters. The Balaban J connectivity index is 1.93. The minimum absolute atomic E-state index is 0.277. The van der Waals surface area contributed by atoms with E-state index in [1.54, 1.807) is 0 Å². The number of amides is 1. The molecule has 1 aliphatic rings. The van der Waals surface area contributed by atoms with Crippen LogP contribution < -0.4 is 10.2 Å². The van der Waals surface area contributed by atoms with Gasteiger partial charge in [0.05, 0.1) is 0 Å². The molecule has 0 radical (unpaired) electrons. The van der Waals surface area contributed by atoms with Gasteiger partial charge < -0.3 is 10.2 Å². The lowest BCUT2D eigenvalue weighted by Gasteiger charge is -2.23. The van der Waals surface area contributed by atoms with Gasteiger partial charge in [0, 0.05) is 18.7 Å². The molecule has 1 N–H and O–H groups in total. The number of hydrogen-bond donors (Lipinski definition) is 1. The number of rotatable bonds is 6. The maximum absolute atomic E-state index is 12.3. The smallest absolute Gasteiger partial charge is 0.226 e. The van der Waals surface area contributed by atoms with Gasteiger partial charge in [-0.3, -0.25) is 4.79 Å². The summed E-state index contributed by atoms with van der Waals surface area (Å²) in [6.07, 6.45) is 3.67. The molecule has 20 heavy (non-hydrogen) atoms. The van der Waals surface area contributed by atoms with Gasteiger partial charge in [-0.15, -0.1) is 0 Å². The van der Waals surface area contributed by atoms with Crippen molar-refractivity contribution in [2.45, 2.75) is 39.5 Å². The van der Waals surface area contributed by atoms with Crippen LogP contribution in [-0.4, -0.2) is 25.5 Å². The van der Waals surface area contributed by atoms with Gasteiger partial charge in [0.1, 0.15) is 0 Å². The largest absolute Gasteiger partial charge is 0.316 e. The highest BCUT2D eigenvalue weighted by Gasteiger charge is 2.21. The maximum Gasteiger partial charge on any atom is 0.226 e. The van der Waals surface area contributed by atoms with E-state index in [4.69, 9.17) is 0 Å². The Kier molecular flexibility index (Phi) is 5.60. The van der Waals surface area contributed by atoms with Gasteiger partial charge in [-0.2, -0.15) is 0 Å². The number of anilines is 1. The van der Waals surface area contributed by atoms with Crippen LogP contribution in [0.1, 0.15) is 38.7 Å². The highest BCUT2D eigenvalue weighted by Crippen LogP contribution is 2.26. The summed E-state index contributed by atoms with van der Waals surface area (Å²) in [5.41, 5.74) is 2.44. The van der Waals surface area contributed by atoms with Crippen LogP contribution in [0.4, 0.5) is 5.69 Å². The van der Waals surface area contributed by atoms with Crippen LogP contribution in [0.5, 0.6) is 0 Å². The topological polar surface area (TPSA) is 32.3 Å². The number of nitrogens with one attached hydrogen (secondary N) is 1. The van der Waals surface area contributed by atoms with Crippen LogP contribution in [0.2, 0.25) is 0 Å². The monoisotopic (exact) mass is 274 g/mol. The van der Waals surface area contributed by atoms with Crippen LogP contribution in [0.25, 0.3) is 0 Å². The molecule has 0 unspecified atom stereocenters. The molecule has 1 amide bonds. The molecule has 0 saturated carbocycles. The second-order valence-corrected chi connectivity index (χ2v) is 5.98. The number of para-hydroxylation sites is 1. The molecule has 0 aliphatic carbocycles. The molecule has 110 valence electrons.